The molecule has 1 fully saturated rings. The van der Waals surface area contributed by atoms with E-state index in [-0.39, 0.29) is 16.8 Å². The fourth-order valence-corrected chi connectivity index (χ4v) is 2.58. The summed E-state index contributed by atoms with van der Waals surface area (Å²) in [5.41, 5.74) is 1.17. The largest absolute Gasteiger partial charge is 0.369 e. The summed E-state index contributed by atoms with van der Waals surface area (Å²) in [5, 5.41) is 5.53. The van der Waals surface area contributed by atoms with Crippen LogP contribution in [0.4, 0.5) is 15.8 Å². The van der Waals surface area contributed by atoms with E-state index >= 15 is 0 Å². The summed E-state index contributed by atoms with van der Waals surface area (Å²) in [7, 11) is 0. The molecule has 4 nitrogen and oxygen atoms in total. The van der Waals surface area contributed by atoms with Crippen LogP contribution in [-0.4, -0.2) is 24.1 Å². The SMILES string of the molecule is CCC(=O)NC(=S)Nc1ccc(N2CCCCC2)c(F)c1. The van der Waals surface area contributed by atoms with E-state index in [9.17, 15) is 9.18 Å². The number of carbonyl (C=O) groups is 1. The van der Waals surface area contributed by atoms with Gasteiger partial charge in [-0.25, -0.2) is 4.39 Å². The zero-order valence-electron chi connectivity index (χ0n) is 12.1. The Bertz CT molecular complexity index is 530. The van der Waals surface area contributed by atoms with E-state index in [0.29, 0.717) is 17.8 Å². The van der Waals surface area contributed by atoms with E-state index in [1.54, 1.807) is 19.1 Å². The molecule has 2 N–H and O–H groups in total. The summed E-state index contributed by atoms with van der Waals surface area (Å²) in [5.74, 6) is -0.440. The number of piperidine rings is 1. The molecule has 2 rings (SSSR count). The van der Waals surface area contributed by atoms with Crippen LogP contribution in [0.3, 0.4) is 0 Å². The van der Waals surface area contributed by atoms with Gasteiger partial charge in [-0.15, -0.1) is 0 Å². The summed E-state index contributed by atoms with van der Waals surface area (Å²) in [4.78, 5) is 13.3. The Hall–Kier alpha value is -1.69. The normalized spacial score (nSPS) is 14.7. The number of halogens is 1. The van der Waals surface area contributed by atoms with E-state index in [1.165, 1.54) is 12.5 Å². The Morgan fingerprint density at radius 3 is 2.67 bits per heavy atom. The maximum Gasteiger partial charge on any atom is 0.225 e. The van der Waals surface area contributed by atoms with E-state index in [1.807, 2.05) is 0 Å². The molecule has 21 heavy (non-hydrogen) atoms. The Morgan fingerprint density at radius 2 is 2.05 bits per heavy atom. The lowest BCUT2D eigenvalue weighted by Crippen LogP contribution is -2.33. The lowest BCUT2D eigenvalue weighted by molar-refractivity contribution is -0.119. The fourth-order valence-electron chi connectivity index (χ4n) is 2.35. The van der Waals surface area contributed by atoms with Crippen LogP contribution >= 0.6 is 12.2 Å². The van der Waals surface area contributed by atoms with Crippen molar-refractivity contribution >= 4 is 34.6 Å². The molecule has 0 unspecified atom stereocenters. The standard InChI is InChI=1S/C15H20FN3OS/c1-2-14(20)18-15(21)17-11-6-7-13(12(16)10-11)19-8-4-3-5-9-19/h6-7,10H,2-5,8-9H2,1H3,(H2,17,18,20,21). The van der Waals surface area contributed by atoms with Gasteiger partial charge in [0.1, 0.15) is 5.82 Å². The van der Waals surface area contributed by atoms with Crippen molar-refractivity contribution in [1.29, 1.82) is 0 Å². The molecule has 1 amide bonds. The minimum Gasteiger partial charge on any atom is -0.369 e. The van der Waals surface area contributed by atoms with Gasteiger partial charge in [0, 0.05) is 25.2 Å². The summed E-state index contributed by atoms with van der Waals surface area (Å²) in [6.07, 6.45) is 3.77. The summed E-state index contributed by atoms with van der Waals surface area (Å²) in [6, 6.07) is 4.94. The van der Waals surface area contributed by atoms with Crippen LogP contribution in [0.2, 0.25) is 0 Å². The van der Waals surface area contributed by atoms with Crippen molar-refractivity contribution in [2.24, 2.45) is 0 Å². The molecule has 6 heteroatoms. The van der Waals surface area contributed by atoms with Crippen molar-refractivity contribution in [3.05, 3.63) is 24.0 Å². The minimum atomic E-state index is -0.272. The number of hydrogen-bond acceptors (Lipinski definition) is 3. The summed E-state index contributed by atoms with van der Waals surface area (Å²) in [6.45, 7) is 3.54. The number of benzene rings is 1. The number of amides is 1. The van der Waals surface area contributed by atoms with Crippen molar-refractivity contribution in [3.8, 4) is 0 Å². The van der Waals surface area contributed by atoms with Gasteiger partial charge < -0.3 is 15.5 Å². The smallest absolute Gasteiger partial charge is 0.225 e. The van der Waals surface area contributed by atoms with Crippen molar-refractivity contribution in [3.63, 3.8) is 0 Å². The highest BCUT2D eigenvalue weighted by Gasteiger charge is 2.15. The second-order valence-electron chi connectivity index (χ2n) is 5.07. The molecule has 1 aromatic carbocycles. The van der Waals surface area contributed by atoms with Crippen LogP contribution in [0.5, 0.6) is 0 Å². The first-order chi connectivity index (χ1) is 10.1. The number of rotatable bonds is 3. The quantitative estimate of drug-likeness (QED) is 0.842. The van der Waals surface area contributed by atoms with Crippen LogP contribution in [-0.2, 0) is 4.79 Å². The van der Waals surface area contributed by atoms with Crippen molar-refractivity contribution in [2.45, 2.75) is 32.6 Å². The Kier molecular flexibility index (Phi) is 5.50. The van der Waals surface area contributed by atoms with Crippen molar-refractivity contribution in [1.82, 2.24) is 5.32 Å². The zero-order valence-corrected chi connectivity index (χ0v) is 12.9. The highest BCUT2D eigenvalue weighted by atomic mass is 32.1. The van der Waals surface area contributed by atoms with Gasteiger partial charge in [-0.3, -0.25) is 4.79 Å². The fraction of sp³-hybridized carbons (Fsp3) is 0.467. The number of hydrogen-bond donors (Lipinski definition) is 2. The first kappa shape index (κ1) is 15.7. The van der Waals surface area contributed by atoms with Gasteiger partial charge in [-0.2, -0.15) is 0 Å². The van der Waals surface area contributed by atoms with Gasteiger partial charge >= 0.3 is 0 Å². The van der Waals surface area contributed by atoms with Gasteiger partial charge in [-0.05, 0) is 49.7 Å². The first-order valence-electron chi connectivity index (χ1n) is 7.25. The van der Waals surface area contributed by atoms with Crippen molar-refractivity contribution in [2.75, 3.05) is 23.3 Å². The molecule has 0 aromatic heterocycles. The number of carbonyl (C=O) groups excluding carboxylic acids is 1. The molecule has 0 aliphatic carbocycles. The predicted octanol–water partition coefficient (Wildman–Crippen LogP) is 3.04. The van der Waals surface area contributed by atoms with Gasteiger partial charge in [-0.1, -0.05) is 6.92 Å². The summed E-state index contributed by atoms with van der Waals surface area (Å²) >= 11 is 5.00. The van der Waals surface area contributed by atoms with Gasteiger partial charge in [0.25, 0.3) is 0 Å². The molecule has 114 valence electrons. The van der Waals surface area contributed by atoms with E-state index in [4.69, 9.17) is 12.2 Å². The van der Waals surface area contributed by atoms with Crippen molar-refractivity contribution < 1.29 is 9.18 Å². The highest BCUT2D eigenvalue weighted by Crippen LogP contribution is 2.25. The van der Waals surface area contributed by atoms with E-state index in [2.05, 4.69) is 15.5 Å². The second kappa shape index (κ2) is 7.36. The average Bonchev–Trinajstić information content (AvgIpc) is 2.48. The maximum atomic E-state index is 14.2. The molecule has 1 saturated heterocycles. The predicted molar refractivity (Wildman–Crippen MR) is 87.1 cm³/mol. The molecular formula is C15H20FN3OS. The molecule has 0 radical (unpaired) electrons. The molecule has 1 heterocycles. The van der Waals surface area contributed by atoms with Gasteiger partial charge in [0.15, 0.2) is 5.11 Å². The molecule has 0 spiro atoms. The minimum absolute atomic E-state index is 0.169. The van der Waals surface area contributed by atoms with Crippen LogP contribution in [0.25, 0.3) is 0 Å². The Morgan fingerprint density at radius 1 is 1.33 bits per heavy atom. The second-order valence-corrected chi connectivity index (χ2v) is 5.48. The lowest BCUT2D eigenvalue weighted by atomic mass is 10.1. The van der Waals surface area contributed by atoms with Crippen LogP contribution < -0.4 is 15.5 Å². The first-order valence-corrected chi connectivity index (χ1v) is 7.66. The molecule has 1 aliphatic heterocycles. The van der Waals surface area contributed by atoms with E-state index in [0.717, 1.165) is 25.9 Å². The van der Waals surface area contributed by atoms with Gasteiger partial charge in [0.05, 0.1) is 5.69 Å². The van der Waals surface area contributed by atoms with E-state index < -0.39 is 0 Å². The maximum absolute atomic E-state index is 14.2. The Labute approximate surface area is 129 Å². The third kappa shape index (κ3) is 4.39. The number of nitrogens with zero attached hydrogens (tertiary/aromatic N) is 1. The monoisotopic (exact) mass is 309 g/mol. The number of nitrogens with one attached hydrogen (secondary N) is 2. The lowest BCUT2D eigenvalue weighted by Gasteiger charge is -2.29. The molecule has 0 atom stereocenters. The average molecular weight is 309 g/mol. The molecule has 0 bridgehead atoms. The molecule has 1 aromatic rings. The highest BCUT2D eigenvalue weighted by molar-refractivity contribution is 7.80. The van der Waals surface area contributed by atoms with Crippen LogP contribution in [0.15, 0.2) is 18.2 Å². The molecular weight excluding hydrogens is 289 g/mol. The third-order valence-electron chi connectivity index (χ3n) is 3.48. The number of anilines is 2. The molecule has 1 aliphatic rings. The number of thiocarbonyl (C=S) groups is 1. The topological polar surface area (TPSA) is 44.4 Å². The third-order valence-corrected chi connectivity index (χ3v) is 3.68. The van der Waals surface area contributed by atoms with Gasteiger partial charge in [0.2, 0.25) is 5.91 Å². The summed E-state index contributed by atoms with van der Waals surface area (Å²) < 4.78 is 14.2. The van der Waals surface area contributed by atoms with Crippen LogP contribution in [0.1, 0.15) is 32.6 Å². The Balaban J connectivity index is 2.01. The van der Waals surface area contributed by atoms with Crippen LogP contribution in [0, 0.1) is 5.82 Å². The zero-order chi connectivity index (χ0) is 15.2. The molecule has 0 saturated carbocycles.